The summed E-state index contributed by atoms with van der Waals surface area (Å²) in [5.41, 5.74) is 3.01. The van der Waals surface area contributed by atoms with Crippen molar-refractivity contribution in [2.75, 3.05) is 19.6 Å². The minimum Gasteiger partial charge on any atom is -0.352 e. The molecule has 1 aromatic carbocycles. The highest BCUT2D eigenvalue weighted by Gasteiger charge is 2.21. The molecule has 0 bridgehead atoms. The lowest BCUT2D eigenvalue weighted by Crippen LogP contribution is -2.40. The number of benzene rings is 1. The van der Waals surface area contributed by atoms with E-state index in [4.69, 9.17) is 11.6 Å². The molecule has 3 rings (SSSR count). The van der Waals surface area contributed by atoms with Gasteiger partial charge in [-0.1, -0.05) is 17.7 Å². The molecule has 0 radical (unpaired) electrons. The van der Waals surface area contributed by atoms with Crippen LogP contribution in [0.3, 0.4) is 0 Å². The lowest BCUT2D eigenvalue weighted by atomic mass is 9.97. The van der Waals surface area contributed by atoms with E-state index < -0.39 is 0 Å². The fraction of sp³-hybridized carbons (Fsp3) is 0.421. The first kappa shape index (κ1) is 17.5. The van der Waals surface area contributed by atoms with Gasteiger partial charge in [-0.25, -0.2) is 0 Å². The largest absolute Gasteiger partial charge is 0.352 e. The van der Waals surface area contributed by atoms with Crippen molar-refractivity contribution in [2.24, 2.45) is 5.92 Å². The number of carbonyl (C=O) groups excluding carboxylic acids is 1. The van der Waals surface area contributed by atoms with Gasteiger partial charge in [-0.3, -0.25) is 9.69 Å². The van der Waals surface area contributed by atoms with E-state index in [-0.39, 0.29) is 5.91 Å². The number of carbonyl (C=O) groups is 1. The predicted octanol–water partition coefficient (Wildman–Crippen LogP) is 4.35. The van der Waals surface area contributed by atoms with Gasteiger partial charge in [0.2, 0.25) is 0 Å². The van der Waals surface area contributed by atoms with Gasteiger partial charge in [0.1, 0.15) is 0 Å². The summed E-state index contributed by atoms with van der Waals surface area (Å²) in [6.07, 6.45) is 2.37. The van der Waals surface area contributed by atoms with Crippen LogP contribution >= 0.6 is 22.9 Å². The summed E-state index contributed by atoms with van der Waals surface area (Å²) < 4.78 is 0. The van der Waals surface area contributed by atoms with Crippen LogP contribution in [0.5, 0.6) is 0 Å². The molecule has 24 heavy (non-hydrogen) atoms. The van der Waals surface area contributed by atoms with Gasteiger partial charge >= 0.3 is 0 Å². The Morgan fingerprint density at radius 3 is 3.04 bits per heavy atom. The number of amides is 1. The Kier molecular flexibility index (Phi) is 5.93. The molecular weight excluding hydrogens is 340 g/mol. The highest BCUT2D eigenvalue weighted by atomic mass is 35.5. The van der Waals surface area contributed by atoms with E-state index in [0.717, 1.165) is 31.7 Å². The molecule has 1 fully saturated rings. The molecule has 1 aliphatic heterocycles. The van der Waals surface area contributed by atoms with Crippen molar-refractivity contribution in [1.29, 1.82) is 0 Å². The topological polar surface area (TPSA) is 32.3 Å². The number of rotatable bonds is 5. The van der Waals surface area contributed by atoms with Crippen molar-refractivity contribution in [2.45, 2.75) is 26.3 Å². The molecule has 2 heterocycles. The molecule has 0 aliphatic carbocycles. The van der Waals surface area contributed by atoms with Gasteiger partial charge in [0.05, 0.1) is 0 Å². The molecule has 1 aromatic heterocycles. The first-order valence-corrected chi connectivity index (χ1v) is 9.71. The van der Waals surface area contributed by atoms with Crippen LogP contribution in [0.1, 0.15) is 34.3 Å². The zero-order chi connectivity index (χ0) is 16.9. The molecule has 0 spiro atoms. The summed E-state index contributed by atoms with van der Waals surface area (Å²) in [5, 5.41) is 8.06. The van der Waals surface area contributed by atoms with Gasteiger partial charge < -0.3 is 5.32 Å². The quantitative estimate of drug-likeness (QED) is 0.857. The number of likely N-dealkylation sites (tertiary alicyclic amines) is 1. The van der Waals surface area contributed by atoms with E-state index in [0.29, 0.717) is 16.5 Å². The highest BCUT2D eigenvalue weighted by molar-refractivity contribution is 7.07. The number of thiophene rings is 1. The standard InChI is InChI=1S/C19H23ClN2OS/c1-14-4-5-17(9-18(14)20)19(23)21-10-15-3-2-7-22(11-15)12-16-6-8-24-13-16/h4-6,8-9,13,15H,2-3,7,10-12H2,1H3,(H,21,23). The van der Waals surface area contributed by atoms with Crippen molar-refractivity contribution in [3.63, 3.8) is 0 Å². The average Bonchev–Trinajstić information content (AvgIpc) is 3.08. The van der Waals surface area contributed by atoms with Crippen LogP contribution in [0.2, 0.25) is 5.02 Å². The van der Waals surface area contributed by atoms with Gasteiger partial charge in [-0.2, -0.15) is 11.3 Å². The van der Waals surface area contributed by atoms with Crippen LogP contribution in [0.25, 0.3) is 0 Å². The van der Waals surface area contributed by atoms with Gasteiger partial charge in [-0.05, 0) is 72.3 Å². The van der Waals surface area contributed by atoms with Crippen LogP contribution in [0.15, 0.2) is 35.0 Å². The van der Waals surface area contributed by atoms with E-state index in [9.17, 15) is 4.79 Å². The van der Waals surface area contributed by atoms with E-state index in [1.54, 1.807) is 17.4 Å². The molecule has 128 valence electrons. The first-order chi connectivity index (χ1) is 11.6. The molecule has 1 amide bonds. The summed E-state index contributed by atoms with van der Waals surface area (Å²) in [4.78, 5) is 14.8. The number of piperidine rings is 1. The number of halogens is 1. The third kappa shape index (κ3) is 4.59. The van der Waals surface area contributed by atoms with Crippen molar-refractivity contribution in [1.82, 2.24) is 10.2 Å². The molecule has 2 aromatic rings. The SMILES string of the molecule is Cc1ccc(C(=O)NCC2CCCN(Cc3ccsc3)C2)cc1Cl. The number of hydrogen-bond donors (Lipinski definition) is 1. The number of nitrogens with one attached hydrogen (secondary N) is 1. The Labute approximate surface area is 152 Å². The molecule has 5 heteroatoms. The maximum absolute atomic E-state index is 12.3. The molecular formula is C19H23ClN2OS. The van der Waals surface area contributed by atoms with Crippen LogP contribution in [-0.2, 0) is 6.54 Å². The fourth-order valence-corrected chi connectivity index (χ4v) is 4.02. The lowest BCUT2D eigenvalue weighted by molar-refractivity contribution is 0.0930. The zero-order valence-electron chi connectivity index (χ0n) is 13.9. The molecule has 1 atom stereocenters. The Morgan fingerprint density at radius 1 is 1.42 bits per heavy atom. The van der Waals surface area contributed by atoms with Gasteiger partial charge in [0.15, 0.2) is 0 Å². The van der Waals surface area contributed by atoms with Crippen LogP contribution in [0.4, 0.5) is 0 Å². The van der Waals surface area contributed by atoms with Gasteiger partial charge in [0.25, 0.3) is 5.91 Å². The number of hydrogen-bond acceptors (Lipinski definition) is 3. The third-order valence-electron chi connectivity index (χ3n) is 4.57. The van der Waals surface area contributed by atoms with Gasteiger partial charge in [-0.15, -0.1) is 0 Å². The monoisotopic (exact) mass is 362 g/mol. The van der Waals surface area contributed by atoms with Crippen LogP contribution in [-0.4, -0.2) is 30.4 Å². The first-order valence-electron chi connectivity index (χ1n) is 8.39. The maximum atomic E-state index is 12.3. The summed E-state index contributed by atoms with van der Waals surface area (Å²) in [6.45, 7) is 5.87. The summed E-state index contributed by atoms with van der Waals surface area (Å²) in [6, 6.07) is 7.66. The Bertz CT molecular complexity index is 687. The van der Waals surface area contributed by atoms with Crippen molar-refractivity contribution in [3.05, 3.63) is 56.7 Å². The minimum absolute atomic E-state index is 0.0353. The molecule has 1 N–H and O–H groups in total. The molecule has 3 nitrogen and oxygen atoms in total. The lowest BCUT2D eigenvalue weighted by Gasteiger charge is -2.32. The minimum atomic E-state index is -0.0353. The Morgan fingerprint density at radius 2 is 2.29 bits per heavy atom. The Balaban J connectivity index is 1.50. The maximum Gasteiger partial charge on any atom is 0.251 e. The summed E-state index contributed by atoms with van der Waals surface area (Å²) in [5.74, 6) is 0.481. The molecule has 1 aliphatic rings. The summed E-state index contributed by atoms with van der Waals surface area (Å²) in [7, 11) is 0. The molecule has 0 saturated carbocycles. The van der Waals surface area contributed by atoms with Gasteiger partial charge in [0, 0.05) is 30.2 Å². The van der Waals surface area contributed by atoms with Crippen LogP contribution < -0.4 is 5.32 Å². The normalized spacial score (nSPS) is 18.5. The molecule has 1 unspecified atom stereocenters. The molecule has 1 saturated heterocycles. The number of aryl methyl sites for hydroxylation is 1. The second kappa shape index (κ2) is 8.15. The van der Waals surface area contributed by atoms with E-state index in [2.05, 4.69) is 27.0 Å². The van der Waals surface area contributed by atoms with E-state index >= 15 is 0 Å². The summed E-state index contributed by atoms with van der Waals surface area (Å²) >= 11 is 7.86. The highest BCUT2D eigenvalue weighted by Crippen LogP contribution is 2.20. The van der Waals surface area contributed by atoms with Crippen molar-refractivity contribution in [3.8, 4) is 0 Å². The second-order valence-electron chi connectivity index (χ2n) is 6.55. The predicted molar refractivity (Wildman–Crippen MR) is 101 cm³/mol. The average molecular weight is 363 g/mol. The smallest absolute Gasteiger partial charge is 0.251 e. The number of nitrogens with zero attached hydrogens (tertiary/aromatic N) is 1. The van der Waals surface area contributed by atoms with E-state index in [1.165, 1.54) is 18.4 Å². The van der Waals surface area contributed by atoms with Crippen molar-refractivity contribution >= 4 is 28.8 Å². The fourth-order valence-electron chi connectivity index (χ4n) is 3.18. The Hall–Kier alpha value is -1.36. The van der Waals surface area contributed by atoms with Crippen LogP contribution in [0, 0.1) is 12.8 Å². The van der Waals surface area contributed by atoms with Crippen molar-refractivity contribution < 1.29 is 4.79 Å². The second-order valence-corrected chi connectivity index (χ2v) is 7.74. The van der Waals surface area contributed by atoms with E-state index in [1.807, 2.05) is 19.1 Å². The zero-order valence-corrected chi connectivity index (χ0v) is 15.5. The third-order valence-corrected chi connectivity index (χ3v) is 5.71.